The third-order valence-electron chi connectivity index (χ3n) is 7.55. The minimum atomic E-state index is -4.12. The summed E-state index contributed by atoms with van der Waals surface area (Å²) in [7, 11) is -4.12. The number of sulfonamides is 1. The lowest BCUT2D eigenvalue weighted by Gasteiger charge is -2.34. The lowest BCUT2D eigenvalue weighted by molar-refractivity contribution is -0.140. The molecule has 7 nitrogen and oxygen atoms in total. The number of amides is 2. The number of para-hydroxylation sites is 1. The third kappa shape index (κ3) is 8.11. The van der Waals surface area contributed by atoms with Crippen LogP contribution >= 0.6 is 11.6 Å². The van der Waals surface area contributed by atoms with Gasteiger partial charge in [0.05, 0.1) is 10.6 Å². The van der Waals surface area contributed by atoms with Crippen LogP contribution in [-0.4, -0.2) is 50.3 Å². The average Bonchev–Trinajstić information content (AvgIpc) is 2.99. The van der Waals surface area contributed by atoms with Crippen LogP contribution in [0.3, 0.4) is 0 Å². The van der Waals surface area contributed by atoms with Crippen LogP contribution in [0.5, 0.6) is 0 Å². The van der Waals surface area contributed by atoms with Crippen molar-refractivity contribution in [2.24, 2.45) is 0 Å². The first-order valence-electron chi connectivity index (χ1n) is 14.3. The van der Waals surface area contributed by atoms with Crippen LogP contribution in [-0.2, 0) is 26.0 Å². The van der Waals surface area contributed by atoms with E-state index in [1.165, 1.54) is 30.7 Å². The molecule has 0 saturated heterocycles. The van der Waals surface area contributed by atoms with E-state index in [4.69, 9.17) is 11.6 Å². The van der Waals surface area contributed by atoms with Gasteiger partial charge in [0.15, 0.2) is 0 Å². The summed E-state index contributed by atoms with van der Waals surface area (Å²) in [6, 6.07) is 23.6. The lowest BCUT2D eigenvalue weighted by Crippen LogP contribution is -2.54. The summed E-state index contributed by atoms with van der Waals surface area (Å²) < 4.78 is 28.8. The smallest absolute Gasteiger partial charge is 0.264 e. The number of carbonyl (C=O) groups excluding carboxylic acids is 2. The standard InChI is InChI=1S/C32H38ClN3O4S/c1-2-30(32(38)34-27-14-8-4-9-15-27)35(23-22-25-12-6-3-7-13-25)31(37)24-36(28-16-10-5-11-17-28)41(39,40)29-20-18-26(33)19-21-29/h3,5-7,10-13,16-21,27,30H,2,4,8-9,14-15,22-24H2,1H3,(H,34,38)/t30-/m0/s1. The van der Waals surface area contributed by atoms with E-state index in [9.17, 15) is 18.0 Å². The molecular weight excluding hydrogens is 558 g/mol. The Labute approximate surface area is 248 Å². The van der Waals surface area contributed by atoms with Crippen molar-refractivity contribution in [3.05, 3.63) is 95.5 Å². The molecule has 0 bridgehead atoms. The van der Waals surface area contributed by atoms with E-state index >= 15 is 0 Å². The maximum absolute atomic E-state index is 14.1. The van der Waals surface area contributed by atoms with E-state index in [0.717, 1.165) is 35.6 Å². The highest BCUT2D eigenvalue weighted by atomic mass is 35.5. The summed E-state index contributed by atoms with van der Waals surface area (Å²) in [5, 5.41) is 3.58. The highest BCUT2D eigenvalue weighted by Gasteiger charge is 2.34. The van der Waals surface area contributed by atoms with Crippen LogP contribution in [0, 0.1) is 0 Å². The SMILES string of the molecule is CC[C@@H](C(=O)NC1CCCCC1)N(CCc1ccccc1)C(=O)CN(c1ccccc1)S(=O)(=O)c1ccc(Cl)cc1. The van der Waals surface area contributed by atoms with Crippen molar-refractivity contribution in [2.75, 3.05) is 17.4 Å². The number of halogens is 1. The second kappa shape index (κ2) is 14.5. The number of carbonyl (C=O) groups is 2. The highest BCUT2D eigenvalue weighted by Crippen LogP contribution is 2.25. The molecule has 0 unspecified atom stereocenters. The molecule has 0 radical (unpaired) electrons. The van der Waals surface area contributed by atoms with Crippen molar-refractivity contribution in [1.82, 2.24) is 10.2 Å². The molecule has 0 spiro atoms. The molecule has 3 aromatic carbocycles. The van der Waals surface area contributed by atoms with Gasteiger partial charge in [-0.25, -0.2) is 8.42 Å². The lowest BCUT2D eigenvalue weighted by atomic mass is 9.95. The first-order chi connectivity index (χ1) is 19.8. The summed E-state index contributed by atoms with van der Waals surface area (Å²) in [6.07, 6.45) is 6.13. The summed E-state index contributed by atoms with van der Waals surface area (Å²) >= 11 is 6.01. The molecule has 9 heteroatoms. The van der Waals surface area contributed by atoms with Crippen molar-refractivity contribution < 1.29 is 18.0 Å². The van der Waals surface area contributed by atoms with Gasteiger partial charge in [-0.2, -0.15) is 0 Å². The molecule has 4 rings (SSSR count). The van der Waals surface area contributed by atoms with Gasteiger partial charge in [-0.1, -0.05) is 86.3 Å². The number of nitrogens with zero attached hydrogens (tertiary/aromatic N) is 2. The van der Waals surface area contributed by atoms with Crippen molar-refractivity contribution in [3.63, 3.8) is 0 Å². The summed E-state index contributed by atoms with van der Waals surface area (Å²) in [4.78, 5) is 29.2. The van der Waals surface area contributed by atoms with Crippen LogP contribution in [0.25, 0.3) is 0 Å². The van der Waals surface area contributed by atoms with Gasteiger partial charge in [-0.05, 0) is 67.6 Å². The van der Waals surface area contributed by atoms with Gasteiger partial charge >= 0.3 is 0 Å². The van der Waals surface area contributed by atoms with Gasteiger partial charge < -0.3 is 10.2 Å². The van der Waals surface area contributed by atoms with Gasteiger partial charge in [-0.3, -0.25) is 13.9 Å². The zero-order valence-electron chi connectivity index (χ0n) is 23.4. The Morgan fingerprint density at radius 3 is 2.12 bits per heavy atom. The summed E-state index contributed by atoms with van der Waals surface area (Å²) in [5.41, 5.74) is 1.39. The van der Waals surface area contributed by atoms with Gasteiger partial charge in [-0.15, -0.1) is 0 Å². The van der Waals surface area contributed by atoms with Crippen LogP contribution in [0.2, 0.25) is 5.02 Å². The molecule has 0 aliphatic heterocycles. The zero-order valence-corrected chi connectivity index (χ0v) is 25.0. The van der Waals surface area contributed by atoms with E-state index in [0.29, 0.717) is 23.6 Å². The first-order valence-corrected chi connectivity index (χ1v) is 16.1. The molecule has 0 heterocycles. The molecule has 1 atom stereocenters. The fraction of sp³-hybridized carbons (Fsp3) is 0.375. The average molecular weight is 596 g/mol. The molecule has 0 aromatic heterocycles. The Kier molecular flexibility index (Phi) is 10.8. The number of hydrogen-bond donors (Lipinski definition) is 1. The van der Waals surface area contributed by atoms with Crippen molar-refractivity contribution >= 4 is 39.1 Å². The van der Waals surface area contributed by atoms with Gasteiger partial charge in [0.2, 0.25) is 11.8 Å². The molecule has 3 aromatic rings. The quantitative estimate of drug-likeness (QED) is 0.285. The van der Waals surface area contributed by atoms with E-state index in [1.54, 1.807) is 35.2 Å². The molecule has 1 aliphatic rings. The molecular formula is C32H38ClN3O4S. The molecule has 1 aliphatic carbocycles. The van der Waals surface area contributed by atoms with Gasteiger partial charge in [0.1, 0.15) is 12.6 Å². The molecule has 41 heavy (non-hydrogen) atoms. The predicted molar refractivity (Wildman–Crippen MR) is 163 cm³/mol. The second-order valence-corrected chi connectivity index (χ2v) is 12.7. The zero-order chi connectivity index (χ0) is 29.2. The topological polar surface area (TPSA) is 86.8 Å². The monoisotopic (exact) mass is 595 g/mol. The van der Waals surface area contributed by atoms with Gasteiger partial charge in [0, 0.05) is 17.6 Å². The van der Waals surface area contributed by atoms with Crippen molar-refractivity contribution in [3.8, 4) is 0 Å². The van der Waals surface area contributed by atoms with Crippen LogP contribution < -0.4 is 9.62 Å². The minimum absolute atomic E-state index is 0.0245. The van der Waals surface area contributed by atoms with Gasteiger partial charge in [0.25, 0.3) is 10.0 Å². The number of anilines is 1. The van der Waals surface area contributed by atoms with E-state index in [-0.39, 0.29) is 23.4 Å². The minimum Gasteiger partial charge on any atom is -0.352 e. The Morgan fingerprint density at radius 1 is 0.902 bits per heavy atom. The van der Waals surface area contributed by atoms with Crippen molar-refractivity contribution in [1.29, 1.82) is 0 Å². The molecule has 2 amide bonds. The molecule has 1 fully saturated rings. The van der Waals surface area contributed by atoms with Crippen LogP contribution in [0.15, 0.2) is 89.8 Å². The van der Waals surface area contributed by atoms with Crippen LogP contribution in [0.4, 0.5) is 5.69 Å². The number of nitrogens with one attached hydrogen (secondary N) is 1. The summed E-state index contributed by atoms with van der Waals surface area (Å²) in [6.45, 7) is 1.72. The fourth-order valence-corrected chi connectivity index (χ4v) is 6.84. The Hall–Kier alpha value is -3.36. The molecule has 1 saturated carbocycles. The molecule has 218 valence electrons. The summed E-state index contributed by atoms with van der Waals surface area (Å²) in [5.74, 6) is -0.624. The van der Waals surface area contributed by atoms with E-state index in [2.05, 4.69) is 5.32 Å². The number of hydrogen-bond acceptors (Lipinski definition) is 4. The largest absolute Gasteiger partial charge is 0.352 e. The van der Waals surface area contributed by atoms with Crippen LogP contribution in [0.1, 0.15) is 51.0 Å². The normalized spacial score (nSPS) is 14.7. The second-order valence-electron chi connectivity index (χ2n) is 10.4. The number of benzene rings is 3. The van der Waals surface area contributed by atoms with E-state index in [1.807, 2.05) is 37.3 Å². The fourth-order valence-electron chi connectivity index (χ4n) is 5.30. The Morgan fingerprint density at radius 2 is 1.51 bits per heavy atom. The predicted octanol–water partition coefficient (Wildman–Crippen LogP) is 5.83. The first kappa shape index (κ1) is 30.6. The maximum atomic E-state index is 14.1. The van der Waals surface area contributed by atoms with Crippen molar-refractivity contribution in [2.45, 2.75) is 68.8 Å². The Bertz CT molecular complexity index is 1380. The van der Waals surface area contributed by atoms with E-state index < -0.39 is 28.5 Å². The maximum Gasteiger partial charge on any atom is 0.264 e. The Balaban J connectivity index is 1.64. The highest BCUT2D eigenvalue weighted by molar-refractivity contribution is 7.92. The third-order valence-corrected chi connectivity index (χ3v) is 9.59. The molecule has 1 N–H and O–H groups in total. The number of rotatable bonds is 12.